The van der Waals surface area contributed by atoms with Gasteiger partial charge in [-0.15, -0.1) is 11.8 Å². The first kappa shape index (κ1) is 17.4. The lowest BCUT2D eigenvalue weighted by atomic mass is 9.96. The largest absolute Gasteiger partial charge is 0.394 e. The van der Waals surface area contributed by atoms with Crippen LogP contribution in [0.1, 0.15) is 0 Å². The lowest BCUT2D eigenvalue weighted by Crippen LogP contribution is -2.58. The number of rotatable bonds is 4. The fourth-order valence-electron chi connectivity index (χ4n) is 2.55. The summed E-state index contributed by atoms with van der Waals surface area (Å²) in [7, 11) is 0. The number of aliphatic hydroxyl groups excluding tert-OH is 6. The van der Waals surface area contributed by atoms with E-state index in [1.165, 1.54) is 11.8 Å². The molecule has 9 heteroatoms. The summed E-state index contributed by atoms with van der Waals surface area (Å²) in [6.07, 6.45) is -6.67. The summed E-state index contributed by atoms with van der Waals surface area (Å²) in [6.45, 7) is 0.402. The maximum atomic E-state index is 9.90. The van der Waals surface area contributed by atoms with E-state index >= 15 is 0 Å². The normalized spacial score (nSPS) is 48.3. The molecule has 124 valence electrons. The minimum atomic E-state index is -1.40. The van der Waals surface area contributed by atoms with Crippen LogP contribution in [0.5, 0.6) is 0 Å². The molecule has 7 unspecified atom stereocenters. The van der Waals surface area contributed by atoms with Crippen molar-refractivity contribution in [3.8, 4) is 0 Å². The SMILES string of the molecule is OCC1OC(SCC2CNC[C@@H](O)C2O)C(O)C(O)C1O. The topological polar surface area (TPSA) is 143 Å². The molecule has 2 heterocycles. The minimum absolute atomic E-state index is 0.217. The zero-order valence-corrected chi connectivity index (χ0v) is 12.3. The number of nitrogens with one attached hydrogen (secondary N) is 1. The van der Waals surface area contributed by atoms with Gasteiger partial charge < -0.3 is 40.7 Å². The van der Waals surface area contributed by atoms with Crippen LogP contribution in [0.2, 0.25) is 0 Å². The Bertz CT molecular complexity index is 335. The zero-order valence-electron chi connectivity index (χ0n) is 11.4. The highest BCUT2D eigenvalue weighted by Crippen LogP contribution is 2.30. The first-order chi connectivity index (χ1) is 9.95. The molecule has 2 aliphatic rings. The van der Waals surface area contributed by atoms with Crippen LogP contribution in [0.15, 0.2) is 0 Å². The Kier molecular flexibility index (Phi) is 6.24. The van der Waals surface area contributed by atoms with Crippen LogP contribution in [0.3, 0.4) is 0 Å². The van der Waals surface area contributed by atoms with Gasteiger partial charge in [0.05, 0.1) is 18.8 Å². The average molecular weight is 325 g/mol. The standard InChI is InChI=1S/C12H23NO7S/c14-3-7-9(17)10(18)11(19)12(20-7)21-4-5-1-13-2-6(15)8(5)16/h5-19H,1-4H2/t5?,6-,7?,8?,9?,10?,11?,12?/m1/s1. The van der Waals surface area contributed by atoms with Crippen molar-refractivity contribution < 1.29 is 35.4 Å². The molecule has 0 aromatic heterocycles. The van der Waals surface area contributed by atoms with Crippen molar-refractivity contribution in [2.24, 2.45) is 5.92 Å². The molecule has 2 fully saturated rings. The first-order valence-electron chi connectivity index (χ1n) is 6.94. The van der Waals surface area contributed by atoms with E-state index in [1.54, 1.807) is 0 Å². The fourth-order valence-corrected chi connectivity index (χ4v) is 3.88. The van der Waals surface area contributed by atoms with Gasteiger partial charge in [0.15, 0.2) is 0 Å². The molecule has 0 spiro atoms. The van der Waals surface area contributed by atoms with E-state index in [-0.39, 0.29) is 5.92 Å². The number of piperidine rings is 1. The van der Waals surface area contributed by atoms with Gasteiger partial charge in [-0.05, 0) is 0 Å². The highest BCUT2D eigenvalue weighted by Gasteiger charge is 2.44. The van der Waals surface area contributed by atoms with Crippen molar-refractivity contribution in [3.05, 3.63) is 0 Å². The van der Waals surface area contributed by atoms with Gasteiger partial charge in [-0.3, -0.25) is 0 Å². The van der Waals surface area contributed by atoms with Gasteiger partial charge >= 0.3 is 0 Å². The summed E-state index contributed by atoms with van der Waals surface area (Å²) in [5.74, 6) is 0.180. The Labute approximate surface area is 126 Å². The Hall–Kier alpha value is 0.0300. The molecule has 2 saturated heterocycles. The van der Waals surface area contributed by atoms with E-state index < -0.39 is 48.7 Å². The van der Waals surface area contributed by atoms with Crippen LogP contribution in [0.4, 0.5) is 0 Å². The molecule has 8 atom stereocenters. The smallest absolute Gasteiger partial charge is 0.132 e. The number of hydrogen-bond donors (Lipinski definition) is 7. The summed E-state index contributed by atoms with van der Waals surface area (Å²) in [4.78, 5) is 0. The maximum Gasteiger partial charge on any atom is 0.132 e. The molecule has 0 aliphatic carbocycles. The molecular weight excluding hydrogens is 302 g/mol. The lowest BCUT2D eigenvalue weighted by molar-refractivity contribution is -0.205. The van der Waals surface area contributed by atoms with E-state index in [4.69, 9.17) is 9.84 Å². The summed E-state index contributed by atoms with van der Waals surface area (Å²) in [5, 5.41) is 60.9. The Morgan fingerprint density at radius 3 is 2.33 bits per heavy atom. The highest BCUT2D eigenvalue weighted by atomic mass is 32.2. The van der Waals surface area contributed by atoms with Gasteiger partial charge in [0.1, 0.15) is 29.9 Å². The number of aliphatic hydroxyl groups is 6. The summed E-state index contributed by atoms with van der Waals surface area (Å²) >= 11 is 1.18. The summed E-state index contributed by atoms with van der Waals surface area (Å²) in [5.41, 5.74) is -0.813. The van der Waals surface area contributed by atoms with E-state index in [0.717, 1.165) is 0 Å². The molecule has 2 rings (SSSR count). The van der Waals surface area contributed by atoms with Gasteiger partial charge in [0.2, 0.25) is 0 Å². The molecule has 0 amide bonds. The predicted molar refractivity (Wildman–Crippen MR) is 74.6 cm³/mol. The predicted octanol–water partition coefficient (Wildman–Crippen LogP) is -3.54. The van der Waals surface area contributed by atoms with Crippen LogP contribution < -0.4 is 5.32 Å². The van der Waals surface area contributed by atoms with Crippen molar-refractivity contribution in [2.45, 2.75) is 42.1 Å². The molecule has 0 aromatic carbocycles. The average Bonchev–Trinajstić information content (AvgIpc) is 2.48. The van der Waals surface area contributed by atoms with Gasteiger partial charge in [-0.2, -0.15) is 0 Å². The Morgan fingerprint density at radius 1 is 0.952 bits per heavy atom. The van der Waals surface area contributed by atoms with Crippen molar-refractivity contribution in [2.75, 3.05) is 25.4 Å². The Balaban J connectivity index is 1.89. The van der Waals surface area contributed by atoms with E-state index in [2.05, 4.69) is 5.32 Å². The van der Waals surface area contributed by atoms with E-state index in [0.29, 0.717) is 18.8 Å². The van der Waals surface area contributed by atoms with Crippen LogP contribution >= 0.6 is 11.8 Å². The van der Waals surface area contributed by atoms with Crippen LogP contribution in [-0.4, -0.2) is 98.1 Å². The molecule has 0 aromatic rings. The zero-order chi connectivity index (χ0) is 15.6. The van der Waals surface area contributed by atoms with Crippen LogP contribution in [0.25, 0.3) is 0 Å². The van der Waals surface area contributed by atoms with Crippen molar-refractivity contribution in [1.29, 1.82) is 0 Å². The third kappa shape index (κ3) is 3.87. The minimum Gasteiger partial charge on any atom is -0.394 e. The number of β-amino-alcohol motifs (C(OH)–C–C–N with tert-alkyl or cyclic N) is 1. The maximum absolute atomic E-state index is 9.90. The van der Waals surface area contributed by atoms with Gasteiger partial charge in [0, 0.05) is 24.8 Å². The molecular formula is C12H23NO7S. The number of hydrogen-bond acceptors (Lipinski definition) is 9. The highest BCUT2D eigenvalue weighted by molar-refractivity contribution is 7.99. The molecule has 0 bridgehead atoms. The van der Waals surface area contributed by atoms with Crippen molar-refractivity contribution in [1.82, 2.24) is 5.32 Å². The second-order valence-electron chi connectivity index (χ2n) is 5.51. The van der Waals surface area contributed by atoms with Gasteiger partial charge in [-0.1, -0.05) is 0 Å². The van der Waals surface area contributed by atoms with E-state index in [9.17, 15) is 25.5 Å². The monoisotopic (exact) mass is 325 g/mol. The summed E-state index contributed by atoms with van der Waals surface area (Å²) < 4.78 is 5.37. The molecule has 0 saturated carbocycles. The lowest BCUT2D eigenvalue weighted by Gasteiger charge is -2.40. The van der Waals surface area contributed by atoms with Gasteiger partial charge in [0.25, 0.3) is 0 Å². The molecule has 0 radical (unpaired) electrons. The molecule has 2 aliphatic heterocycles. The van der Waals surface area contributed by atoms with E-state index in [1.807, 2.05) is 0 Å². The van der Waals surface area contributed by atoms with Gasteiger partial charge in [-0.25, -0.2) is 0 Å². The molecule has 8 nitrogen and oxygen atoms in total. The molecule has 7 N–H and O–H groups in total. The van der Waals surface area contributed by atoms with Crippen molar-refractivity contribution >= 4 is 11.8 Å². The first-order valence-corrected chi connectivity index (χ1v) is 7.99. The number of thioether (sulfide) groups is 1. The third-order valence-corrected chi connectivity index (χ3v) is 5.30. The summed E-state index contributed by atoms with van der Waals surface area (Å²) in [6, 6.07) is 0. The Morgan fingerprint density at radius 2 is 1.67 bits per heavy atom. The quantitative estimate of drug-likeness (QED) is 0.280. The number of ether oxygens (including phenoxy) is 1. The second-order valence-corrected chi connectivity index (χ2v) is 6.64. The fraction of sp³-hybridized carbons (Fsp3) is 1.00. The van der Waals surface area contributed by atoms with Crippen LogP contribution in [0, 0.1) is 5.92 Å². The second kappa shape index (κ2) is 7.53. The third-order valence-electron chi connectivity index (χ3n) is 3.96. The molecule has 21 heavy (non-hydrogen) atoms. The van der Waals surface area contributed by atoms with Crippen molar-refractivity contribution in [3.63, 3.8) is 0 Å². The van der Waals surface area contributed by atoms with Crippen LogP contribution in [-0.2, 0) is 4.74 Å².